The number of anilines is 1. The number of aliphatic hydroxyl groups excluding tert-OH is 2. The number of fused-ring (bicyclic) bond motifs is 2. The zero-order chi connectivity index (χ0) is 27.1. The molecule has 3 atom stereocenters. The third-order valence-electron chi connectivity index (χ3n) is 8.36. The van der Waals surface area contributed by atoms with Crippen molar-refractivity contribution in [1.82, 2.24) is 9.80 Å². The van der Waals surface area contributed by atoms with E-state index in [9.17, 15) is 28.9 Å². The van der Waals surface area contributed by atoms with Crippen LogP contribution in [-0.2, 0) is 10.2 Å². The van der Waals surface area contributed by atoms with Crippen molar-refractivity contribution < 1.29 is 28.9 Å². The Morgan fingerprint density at radius 2 is 1.84 bits per heavy atom. The lowest BCUT2D eigenvalue weighted by Gasteiger charge is -2.46. The minimum absolute atomic E-state index is 0.000656. The molecule has 3 aliphatic rings. The number of rotatable bonds is 5. The number of β-amino-alcohol motifs (C(OH)–C–C–N with tert-alkyl or cyclic N) is 2. The van der Waals surface area contributed by atoms with Gasteiger partial charge in [0, 0.05) is 54.4 Å². The molecule has 1 amide bonds. The first kappa shape index (κ1) is 27.0. The smallest absolute Gasteiger partial charge is 0.246 e. The van der Waals surface area contributed by atoms with Crippen molar-refractivity contribution in [1.29, 1.82) is 0 Å². The summed E-state index contributed by atoms with van der Waals surface area (Å²) in [6.07, 6.45) is 1.73. The second-order valence-corrected chi connectivity index (χ2v) is 11.2. The topological polar surface area (TPSA) is 96.3 Å². The Morgan fingerprint density at radius 1 is 1.13 bits per heavy atom. The number of nitrogens with one attached hydrogen (secondary N) is 1. The molecule has 2 aromatic rings. The van der Waals surface area contributed by atoms with Crippen LogP contribution in [0, 0.1) is 11.6 Å². The van der Waals surface area contributed by atoms with Crippen molar-refractivity contribution in [3.63, 3.8) is 0 Å². The van der Waals surface area contributed by atoms with Gasteiger partial charge >= 0.3 is 0 Å². The molecule has 2 aromatic carbocycles. The molecule has 10 heteroatoms. The van der Waals surface area contributed by atoms with E-state index in [4.69, 9.17) is 11.6 Å². The molecule has 0 saturated carbocycles. The quantitative estimate of drug-likeness (QED) is 0.430. The zero-order valence-electron chi connectivity index (χ0n) is 20.9. The average Bonchev–Trinajstić information content (AvgIpc) is 3.22. The third-order valence-corrected chi connectivity index (χ3v) is 8.59. The third kappa shape index (κ3) is 5.31. The summed E-state index contributed by atoms with van der Waals surface area (Å²) in [7, 11) is 0. The van der Waals surface area contributed by atoms with Crippen LogP contribution in [0.5, 0.6) is 0 Å². The molecule has 1 spiro atoms. The molecule has 2 saturated heterocycles. The molecule has 3 heterocycles. The summed E-state index contributed by atoms with van der Waals surface area (Å²) in [6, 6.07) is 8.90. The van der Waals surface area contributed by atoms with Crippen LogP contribution in [0.2, 0.25) is 5.02 Å². The molecule has 7 nitrogen and oxygen atoms in total. The lowest BCUT2D eigenvalue weighted by Crippen LogP contribution is -2.64. The summed E-state index contributed by atoms with van der Waals surface area (Å²) in [5.74, 6) is -1.95. The minimum atomic E-state index is -1.75. The number of amides is 1. The van der Waals surface area contributed by atoms with Crippen molar-refractivity contribution >= 4 is 29.3 Å². The molecule has 0 unspecified atom stereocenters. The summed E-state index contributed by atoms with van der Waals surface area (Å²) in [5, 5.41) is 37.0. The number of halogens is 3. The first-order valence-corrected chi connectivity index (χ1v) is 13.2. The first-order valence-electron chi connectivity index (χ1n) is 12.9. The Labute approximate surface area is 225 Å². The molecular weight excluding hydrogens is 516 g/mol. The van der Waals surface area contributed by atoms with Gasteiger partial charge in [0.25, 0.3) is 0 Å². The fourth-order valence-corrected chi connectivity index (χ4v) is 6.14. The second kappa shape index (κ2) is 10.5. The van der Waals surface area contributed by atoms with Crippen LogP contribution in [0.1, 0.15) is 30.4 Å². The number of hydrogen-bond acceptors (Lipinski definition) is 6. The fraction of sp³-hybridized carbons (Fsp3) is 0.464. The molecule has 2 fully saturated rings. The van der Waals surface area contributed by atoms with Gasteiger partial charge in [-0.1, -0.05) is 17.7 Å². The second-order valence-electron chi connectivity index (χ2n) is 10.7. The van der Waals surface area contributed by atoms with E-state index >= 15 is 0 Å². The maximum absolute atomic E-state index is 13.4. The maximum atomic E-state index is 13.4. The number of carbonyl (C=O) groups is 1. The van der Waals surface area contributed by atoms with Crippen molar-refractivity contribution in [2.45, 2.75) is 42.5 Å². The number of likely N-dealkylation sites (tertiary alicyclic amines) is 2. The highest BCUT2D eigenvalue weighted by Gasteiger charge is 2.48. The van der Waals surface area contributed by atoms with E-state index in [1.807, 2.05) is 12.1 Å². The standard InChI is InChI=1S/C28H32ClF2N3O4/c29-19-2-3-22-23(13-19)32-17-27(22)5-8-33(9-6-27)15-24(35)28(38)7-10-34(16-25(28)36)26(37)4-1-18-11-20(30)14-21(31)12-18/h1-4,11-14,24-25,32,35-36,38H,5-10,15-17H2/b4-1+/t24-,25+,28+/m1/s1. The van der Waals surface area contributed by atoms with Gasteiger partial charge in [0.2, 0.25) is 5.91 Å². The molecule has 4 N–H and O–H groups in total. The summed E-state index contributed by atoms with van der Waals surface area (Å²) in [5.41, 5.74) is 0.810. The Bertz CT molecular complexity index is 1220. The number of aliphatic hydroxyl groups is 3. The lowest BCUT2D eigenvalue weighted by molar-refractivity contribution is -0.183. The van der Waals surface area contributed by atoms with Gasteiger partial charge < -0.3 is 30.4 Å². The Balaban J connectivity index is 1.15. The van der Waals surface area contributed by atoms with E-state index in [0.29, 0.717) is 5.02 Å². The van der Waals surface area contributed by atoms with Crippen LogP contribution in [0.25, 0.3) is 6.08 Å². The fourth-order valence-electron chi connectivity index (χ4n) is 5.97. The SMILES string of the molecule is O=C(/C=C/c1cc(F)cc(F)c1)N1CC[C@](O)([C@H](O)CN2CCC3(CC2)CNc2cc(Cl)ccc23)[C@@H](O)C1. The zero-order valence-corrected chi connectivity index (χ0v) is 21.7. The van der Waals surface area contributed by atoms with Gasteiger partial charge in [-0.3, -0.25) is 4.79 Å². The molecule has 0 bridgehead atoms. The first-order chi connectivity index (χ1) is 18.1. The van der Waals surface area contributed by atoms with Gasteiger partial charge in [-0.25, -0.2) is 8.78 Å². The van der Waals surface area contributed by atoms with Gasteiger partial charge in [0.05, 0.1) is 6.10 Å². The van der Waals surface area contributed by atoms with E-state index in [-0.39, 0.29) is 37.0 Å². The molecule has 0 aromatic heterocycles. The monoisotopic (exact) mass is 547 g/mol. The van der Waals surface area contributed by atoms with Crippen LogP contribution in [0.15, 0.2) is 42.5 Å². The van der Waals surface area contributed by atoms with Crippen molar-refractivity contribution in [3.05, 3.63) is 70.3 Å². The molecular formula is C28H32ClF2N3O4. The van der Waals surface area contributed by atoms with E-state index in [1.165, 1.54) is 22.6 Å². The van der Waals surface area contributed by atoms with E-state index in [1.54, 1.807) is 0 Å². The Hall–Kier alpha value is -2.56. The average molecular weight is 548 g/mol. The van der Waals surface area contributed by atoms with Crippen LogP contribution in [0.4, 0.5) is 14.5 Å². The summed E-state index contributed by atoms with van der Waals surface area (Å²) in [4.78, 5) is 16.0. The van der Waals surface area contributed by atoms with Gasteiger partial charge in [-0.2, -0.15) is 0 Å². The number of benzene rings is 2. The highest BCUT2D eigenvalue weighted by molar-refractivity contribution is 6.30. The van der Waals surface area contributed by atoms with Crippen LogP contribution in [-0.4, -0.2) is 88.1 Å². The Morgan fingerprint density at radius 3 is 2.53 bits per heavy atom. The van der Waals surface area contributed by atoms with Crippen LogP contribution in [0.3, 0.4) is 0 Å². The maximum Gasteiger partial charge on any atom is 0.246 e. The van der Waals surface area contributed by atoms with Crippen LogP contribution < -0.4 is 5.32 Å². The summed E-state index contributed by atoms with van der Waals surface area (Å²) < 4.78 is 26.7. The number of piperidine rings is 2. The molecule has 0 aliphatic carbocycles. The highest BCUT2D eigenvalue weighted by atomic mass is 35.5. The number of carbonyl (C=O) groups excluding carboxylic acids is 1. The normalized spacial score (nSPS) is 25.9. The number of nitrogens with zero attached hydrogens (tertiary/aromatic N) is 2. The predicted molar refractivity (Wildman–Crippen MR) is 141 cm³/mol. The van der Waals surface area contributed by atoms with Gasteiger partial charge in [0.1, 0.15) is 23.3 Å². The highest BCUT2D eigenvalue weighted by Crippen LogP contribution is 2.45. The van der Waals surface area contributed by atoms with Crippen molar-refractivity contribution in [2.24, 2.45) is 0 Å². The van der Waals surface area contributed by atoms with Crippen molar-refractivity contribution in [2.75, 3.05) is 44.6 Å². The van der Waals surface area contributed by atoms with Crippen LogP contribution >= 0.6 is 11.6 Å². The lowest BCUT2D eigenvalue weighted by atomic mass is 9.74. The molecule has 204 valence electrons. The van der Waals surface area contributed by atoms with E-state index in [2.05, 4.69) is 16.3 Å². The molecule has 5 rings (SSSR count). The minimum Gasteiger partial charge on any atom is -0.389 e. The summed E-state index contributed by atoms with van der Waals surface area (Å²) in [6.45, 7) is 2.49. The Kier molecular flexibility index (Phi) is 7.50. The molecule has 0 radical (unpaired) electrons. The number of hydrogen-bond donors (Lipinski definition) is 4. The van der Waals surface area contributed by atoms with Gasteiger partial charge in [0.15, 0.2) is 0 Å². The largest absolute Gasteiger partial charge is 0.389 e. The predicted octanol–water partition coefficient (Wildman–Crippen LogP) is 2.78. The molecule has 3 aliphatic heterocycles. The van der Waals surface area contributed by atoms with E-state index < -0.39 is 35.4 Å². The van der Waals surface area contributed by atoms with Gasteiger partial charge in [-0.15, -0.1) is 0 Å². The van der Waals surface area contributed by atoms with E-state index in [0.717, 1.165) is 56.4 Å². The molecule has 38 heavy (non-hydrogen) atoms. The summed E-state index contributed by atoms with van der Waals surface area (Å²) >= 11 is 6.14. The van der Waals surface area contributed by atoms with Crippen molar-refractivity contribution in [3.8, 4) is 0 Å². The van der Waals surface area contributed by atoms with Gasteiger partial charge in [-0.05, 0) is 73.8 Å².